The van der Waals surface area contributed by atoms with Gasteiger partial charge in [-0.25, -0.2) is 9.59 Å². The number of nitrogens with two attached hydrogens (primary N) is 1. The highest BCUT2D eigenvalue weighted by Crippen LogP contribution is 2.38. The molecule has 0 unspecified atom stereocenters. The normalized spacial score (nSPS) is 30.6. The number of carboxylic acids is 2. The molecule has 2 fully saturated rings. The summed E-state index contributed by atoms with van der Waals surface area (Å²) in [6.45, 7) is 0.826. The van der Waals surface area contributed by atoms with Crippen molar-refractivity contribution in [2.75, 3.05) is 6.54 Å². The third-order valence-corrected chi connectivity index (χ3v) is 5.30. The number of carbonyl (C=O) groups excluding carboxylic acids is 4. The molecule has 2 saturated heterocycles. The second-order valence-electron chi connectivity index (χ2n) is 7.38. The zero-order valence-electron chi connectivity index (χ0n) is 16.7. The number of imide groups is 1. The van der Waals surface area contributed by atoms with Crippen molar-refractivity contribution in [3.63, 3.8) is 0 Å². The Hall–Kier alpha value is -3.34. The molecular weight excluding hydrogens is 438 g/mol. The number of nitrogens with one attached hydrogen (secondary N) is 3. The summed E-state index contributed by atoms with van der Waals surface area (Å²) in [6, 6.07) is -0.954. The fraction of sp³-hybridized carbons (Fsp3) is 0.625. The minimum atomic E-state index is -2.75. The lowest BCUT2D eigenvalue weighted by Crippen LogP contribution is -2.67. The van der Waals surface area contributed by atoms with Crippen LogP contribution in [-0.2, 0) is 28.7 Å². The van der Waals surface area contributed by atoms with Crippen LogP contribution in [0.2, 0.25) is 0 Å². The summed E-state index contributed by atoms with van der Waals surface area (Å²) in [5.41, 5.74) is 0.0962. The van der Waals surface area contributed by atoms with Crippen molar-refractivity contribution in [3.05, 3.63) is 0 Å². The van der Waals surface area contributed by atoms with Crippen LogP contribution < -0.4 is 21.7 Å². The van der Waals surface area contributed by atoms with Crippen LogP contribution in [0.3, 0.4) is 0 Å². The number of aliphatic hydroxyl groups excluding tert-OH is 1. The van der Waals surface area contributed by atoms with Crippen LogP contribution in [0.5, 0.6) is 0 Å². The number of aliphatic hydroxyl groups is 2. The molecule has 9 N–H and O–H groups in total. The van der Waals surface area contributed by atoms with E-state index in [0.717, 1.165) is 11.8 Å². The van der Waals surface area contributed by atoms with Crippen LogP contribution in [0.4, 0.5) is 4.79 Å². The predicted octanol–water partition coefficient (Wildman–Crippen LogP) is -4.58. The Balaban J connectivity index is 2.32. The van der Waals surface area contributed by atoms with Gasteiger partial charge in [-0.05, 0) is 0 Å². The minimum Gasteiger partial charge on any atom is -0.481 e. The topological polar surface area (TPSA) is 258 Å². The van der Waals surface area contributed by atoms with Gasteiger partial charge < -0.3 is 35.8 Å². The fourth-order valence-corrected chi connectivity index (χ4v) is 3.44. The molecule has 0 radical (unpaired) electrons. The van der Waals surface area contributed by atoms with Crippen LogP contribution in [0.15, 0.2) is 0 Å². The van der Waals surface area contributed by atoms with Gasteiger partial charge in [0.15, 0.2) is 23.7 Å². The standard InChI is InChI=1S/C16H23N5O11/c1-6(10(27)20-15(17,13(28)29)4-8(24)25)16(31)9(26)11(32-12(16)18-5-22)21-3-2-7(23)19-14(21)30/h5-6,9,11-12,26,31H,2-4,17H2,1H3,(H,18,22)(H,20,27)(H,24,25)(H,28,29)(H,19,23,30)/t6-,9-,11-,12+,15-,16+/m1/s1. The van der Waals surface area contributed by atoms with Gasteiger partial charge in [-0.2, -0.15) is 0 Å². The molecule has 0 bridgehead atoms. The second kappa shape index (κ2) is 9.03. The number of carboxylic acid groups (broad SMARTS) is 2. The van der Waals surface area contributed by atoms with Gasteiger partial charge in [-0.1, -0.05) is 6.92 Å². The van der Waals surface area contributed by atoms with Crippen LogP contribution in [0, 0.1) is 5.92 Å². The first-order valence-corrected chi connectivity index (χ1v) is 9.20. The number of carbonyl (C=O) groups is 6. The Bertz CT molecular complexity index is 837. The molecule has 0 aliphatic carbocycles. The van der Waals surface area contributed by atoms with Crippen molar-refractivity contribution in [2.24, 2.45) is 11.7 Å². The first-order chi connectivity index (χ1) is 14.8. The average molecular weight is 461 g/mol. The Morgan fingerprint density at radius 2 is 2.03 bits per heavy atom. The zero-order valence-corrected chi connectivity index (χ0v) is 16.7. The summed E-state index contributed by atoms with van der Waals surface area (Å²) in [4.78, 5) is 70.3. The number of ether oxygens (including phenoxy) is 1. The summed E-state index contributed by atoms with van der Waals surface area (Å²) >= 11 is 0. The van der Waals surface area contributed by atoms with Gasteiger partial charge in [-0.15, -0.1) is 0 Å². The summed E-state index contributed by atoms with van der Waals surface area (Å²) in [7, 11) is 0. The minimum absolute atomic E-state index is 0.0874. The number of aliphatic carboxylic acids is 2. The quantitative estimate of drug-likeness (QED) is 0.119. The van der Waals surface area contributed by atoms with E-state index < -0.39 is 71.9 Å². The molecule has 0 saturated carbocycles. The monoisotopic (exact) mass is 461 g/mol. The van der Waals surface area contributed by atoms with Gasteiger partial charge in [0, 0.05) is 13.0 Å². The van der Waals surface area contributed by atoms with Crippen molar-refractivity contribution >= 4 is 36.2 Å². The van der Waals surface area contributed by atoms with Crippen molar-refractivity contribution in [3.8, 4) is 0 Å². The van der Waals surface area contributed by atoms with Gasteiger partial charge in [0.1, 0.15) is 6.10 Å². The number of rotatable bonds is 9. The molecule has 178 valence electrons. The summed E-state index contributed by atoms with van der Waals surface area (Å²) in [5.74, 6) is -7.15. The Labute approximate surface area is 179 Å². The lowest BCUT2D eigenvalue weighted by atomic mass is 9.81. The lowest BCUT2D eigenvalue weighted by Gasteiger charge is -2.37. The second-order valence-corrected chi connectivity index (χ2v) is 7.38. The van der Waals surface area contributed by atoms with E-state index in [-0.39, 0.29) is 19.4 Å². The smallest absolute Gasteiger partial charge is 0.345 e. The molecule has 0 spiro atoms. The Morgan fingerprint density at radius 1 is 1.41 bits per heavy atom. The molecule has 2 aliphatic heterocycles. The molecule has 16 heteroatoms. The van der Waals surface area contributed by atoms with Crippen LogP contribution in [0.25, 0.3) is 0 Å². The van der Waals surface area contributed by atoms with E-state index >= 15 is 0 Å². The predicted molar refractivity (Wildman–Crippen MR) is 97.8 cm³/mol. The van der Waals surface area contributed by atoms with E-state index in [0.29, 0.717) is 0 Å². The van der Waals surface area contributed by atoms with E-state index in [2.05, 4.69) is 5.32 Å². The average Bonchev–Trinajstić information content (AvgIpc) is 2.93. The van der Waals surface area contributed by atoms with E-state index in [1.165, 1.54) is 0 Å². The number of nitrogens with zero attached hydrogens (tertiary/aromatic N) is 1. The molecular formula is C16H23N5O11. The number of hydrogen-bond donors (Lipinski definition) is 8. The third kappa shape index (κ3) is 4.47. The van der Waals surface area contributed by atoms with E-state index in [4.69, 9.17) is 15.6 Å². The number of urea groups is 1. The molecule has 0 aromatic carbocycles. The summed E-state index contributed by atoms with van der Waals surface area (Å²) in [5, 5.41) is 45.8. The molecule has 16 nitrogen and oxygen atoms in total. The first-order valence-electron chi connectivity index (χ1n) is 9.20. The van der Waals surface area contributed by atoms with E-state index in [1.807, 2.05) is 5.32 Å². The highest BCUT2D eigenvalue weighted by molar-refractivity contribution is 5.96. The lowest BCUT2D eigenvalue weighted by molar-refractivity contribution is -0.161. The molecule has 2 rings (SSSR count). The Kier molecular flexibility index (Phi) is 7.03. The first kappa shape index (κ1) is 24.9. The van der Waals surface area contributed by atoms with Gasteiger partial charge in [0.05, 0.1) is 12.3 Å². The van der Waals surface area contributed by atoms with Crippen molar-refractivity contribution in [2.45, 2.75) is 49.6 Å². The van der Waals surface area contributed by atoms with Crippen molar-refractivity contribution in [1.82, 2.24) is 20.9 Å². The molecule has 5 amide bonds. The van der Waals surface area contributed by atoms with E-state index in [1.54, 1.807) is 5.32 Å². The maximum atomic E-state index is 12.7. The molecule has 2 aliphatic rings. The number of hydrogen-bond acceptors (Lipinski definition) is 10. The van der Waals surface area contributed by atoms with E-state index in [9.17, 15) is 44.1 Å². The molecule has 6 atom stereocenters. The van der Waals surface area contributed by atoms with Crippen LogP contribution >= 0.6 is 0 Å². The SMILES string of the molecule is C[C@H](C(=O)N[C@](N)(CC(=O)O)C(=O)O)[C@]1(O)[C@H](O)[C@H](N2CCC(=O)NC2=O)O[C@@H]1NC=O. The molecule has 0 aromatic heterocycles. The highest BCUT2D eigenvalue weighted by Gasteiger charge is 2.62. The number of amides is 5. The Morgan fingerprint density at radius 3 is 2.53 bits per heavy atom. The zero-order chi connectivity index (χ0) is 24.4. The molecule has 0 aromatic rings. The van der Waals surface area contributed by atoms with Gasteiger partial charge >= 0.3 is 18.0 Å². The molecule has 2 heterocycles. The maximum Gasteiger partial charge on any atom is 0.345 e. The molecule has 32 heavy (non-hydrogen) atoms. The largest absolute Gasteiger partial charge is 0.481 e. The maximum absolute atomic E-state index is 12.7. The van der Waals surface area contributed by atoms with Crippen molar-refractivity contribution < 1.29 is 53.9 Å². The van der Waals surface area contributed by atoms with Gasteiger partial charge in [0.2, 0.25) is 18.2 Å². The van der Waals surface area contributed by atoms with Crippen LogP contribution in [-0.4, -0.2) is 97.9 Å². The summed E-state index contributed by atoms with van der Waals surface area (Å²) < 4.78 is 5.38. The van der Waals surface area contributed by atoms with Gasteiger partial charge in [-0.3, -0.25) is 35.1 Å². The third-order valence-electron chi connectivity index (χ3n) is 5.30. The fourth-order valence-electron chi connectivity index (χ4n) is 3.44. The highest BCUT2D eigenvalue weighted by atomic mass is 16.6. The van der Waals surface area contributed by atoms with Gasteiger partial charge in [0.25, 0.3) is 0 Å². The van der Waals surface area contributed by atoms with Crippen LogP contribution in [0.1, 0.15) is 19.8 Å². The summed E-state index contributed by atoms with van der Waals surface area (Å²) in [6.07, 6.45) is -6.67. The van der Waals surface area contributed by atoms with Crippen molar-refractivity contribution in [1.29, 1.82) is 0 Å².